The van der Waals surface area contributed by atoms with Gasteiger partial charge in [-0.15, -0.1) is 0 Å². The van der Waals surface area contributed by atoms with Gasteiger partial charge in [-0.3, -0.25) is 4.79 Å². The van der Waals surface area contributed by atoms with E-state index in [1.54, 1.807) is 30.3 Å². The van der Waals surface area contributed by atoms with Gasteiger partial charge >= 0.3 is 0 Å². The van der Waals surface area contributed by atoms with Crippen LogP contribution in [0.15, 0.2) is 54.6 Å². The van der Waals surface area contributed by atoms with Crippen molar-refractivity contribution in [3.8, 4) is 0 Å². The number of ether oxygens (including phenoxy) is 1. The molecule has 0 unspecified atom stereocenters. The number of nitrogens with zero attached hydrogens (tertiary/aromatic N) is 1. The fourth-order valence-corrected chi connectivity index (χ4v) is 2.03. The molecule has 2 aromatic carbocycles. The Bertz CT molecular complexity index is 586. The Kier molecular flexibility index (Phi) is 4.48. The molecule has 4 heteroatoms. The minimum Gasteiger partial charge on any atom is -0.367 e. The highest BCUT2D eigenvalue weighted by atomic mass is 19.1. The molecular weight excluding hydrogens is 257 g/mol. The summed E-state index contributed by atoms with van der Waals surface area (Å²) in [6.07, 6.45) is -0.749. The fourth-order valence-electron chi connectivity index (χ4n) is 2.03. The van der Waals surface area contributed by atoms with Crippen LogP contribution in [0.3, 0.4) is 0 Å². The molecule has 2 aromatic rings. The molecule has 104 valence electrons. The number of anilines is 1. The van der Waals surface area contributed by atoms with Crippen LogP contribution in [0.1, 0.15) is 11.7 Å². The molecule has 20 heavy (non-hydrogen) atoms. The van der Waals surface area contributed by atoms with Gasteiger partial charge in [0.25, 0.3) is 5.91 Å². The number of methoxy groups -OCH3 is 1. The maximum atomic E-state index is 13.7. The van der Waals surface area contributed by atoms with Crippen LogP contribution in [-0.2, 0) is 9.53 Å². The lowest BCUT2D eigenvalue weighted by Gasteiger charge is -2.23. The van der Waals surface area contributed by atoms with Crippen LogP contribution in [-0.4, -0.2) is 20.1 Å². The van der Waals surface area contributed by atoms with Crippen molar-refractivity contribution >= 4 is 11.6 Å². The van der Waals surface area contributed by atoms with Gasteiger partial charge < -0.3 is 9.64 Å². The average Bonchev–Trinajstić information content (AvgIpc) is 2.49. The first kappa shape index (κ1) is 14.2. The van der Waals surface area contributed by atoms with Gasteiger partial charge in [0, 0.05) is 14.2 Å². The Hall–Kier alpha value is -2.20. The number of hydrogen-bond acceptors (Lipinski definition) is 2. The third-order valence-corrected chi connectivity index (χ3v) is 3.11. The molecule has 0 fully saturated rings. The van der Waals surface area contributed by atoms with Gasteiger partial charge in [-0.05, 0) is 17.7 Å². The highest BCUT2D eigenvalue weighted by Gasteiger charge is 2.25. The molecule has 0 aliphatic rings. The lowest BCUT2D eigenvalue weighted by molar-refractivity contribution is -0.128. The normalized spacial score (nSPS) is 11.9. The van der Waals surface area contributed by atoms with E-state index >= 15 is 0 Å². The molecule has 0 saturated carbocycles. The van der Waals surface area contributed by atoms with Crippen molar-refractivity contribution in [2.45, 2.75) is 6.10 Å². The zero-order chi connectivity index (χ0) is 14.5. The topological polar surface area (TPSA) is 29.5 Å². The Morgan fingerprint density at radius 3 is 2.30 bits per heavy atom. The molecule has 0 aromatic heterocycles. The highest BCUT2D eigenvalue weighted by molar-refractivity contribution is 5.96. The van der Waals surface area contributed by atoms with E-state index in [1.165, 1.54) is 25.1 Å². The molecule has 0 radical (unpaired) electrons. The summed E-state index contributed by atoms with van der Waals surface area (Å²) >= 11 is 0. The SMILES string of the molecule is CO[C@@H](C(=O)N(C)c1ccccc1F)c1ccccc1. The van der Waals surface area contributed by atoms with E-state index in [2.05, 4.69) is 0 Å². The van der Waals surface area contributed by atoms with E-state index in [4.69, 9.17) is 4.74 Å². The molecular formula is C16H16FNO2. The Labute approximate surface area is 117 Å². The van der Waals surface area contributed by atoms with Gasteiger partial charge in [0.05, 0.1) is 5.69 Å². The second-order valence-electron chi connectivity index (χ2n) is 4.38. The maximum absolute atomic E-state index is 13.7. The van der Waals surface area contributed by atoms with Gasteiger partial charge in [0.2, 0.25) is 0 Å². The number of rotatable bonds is 4. The van der Waals surface area contributed by atoms with Crippen molar-refractivity contribution in [1.82, 2.24) is 0 Å². The standard InChI is InChI=1S/C16H16FNO2/c1-18(14-11-7-6-10-13(14)17)16(19)15(20-2)12-8-4-3-5-9-12/h3-11,15H,1-2H3/t15-/m1/s1. The molecule has 0 N–H and O–H groups in total. The van der Waals surface area contributed by atoms with Crippen molar-refractivity contribution in [2.75, 3.05) is 19.1 Å². The van der Waals surface area contributed by atoms with Crippen LogP contribution < -0.4 is 4.90 Å². The number of halogens is 1. The molecule has 0 saturated heterocycles. The molecule has 0 spiro atoms. The number of para-hydroxylation sites is 1. The molecule has 3 nitrogen and oxygen atoms in total. The third kappa shape index (κ3) is 2.86. The van der Waals surface area contributed by atoms with Crippen LogP contribution in [0, 0.1) is 5.82 Å². The summed E-state index contributed by atoms with van der Waals surface area (Å²) in [5.74, 6) is -0.755. The zero-order valence-corrected chi connectivity index (χ0v) is 11.4. The summed E-state index contributed by atoms with van der Waals surface area (Å²) in [4.78, 5) is 13.7. The summed E-state index contributed by atoms with van der Waals surface area (Å²) in [5, 5.41) is 0. The van der Waals surface area contributed by atoms with E-state index in [9.17, 15) is 9.18 Å². The van der Waals surface area contributed by atoms with Gasteiger partial charge in [0.1, 0.15) is 5.82 Å². The minimum absolute atomic E-state index is 0.232. The van der Waals surface area contributed by atoms with E-state index in [-0.39, 0.29) is 11.6 Å². The first-order valence-electron chi connectivity index (χ1n) is 6.25. The molecule has 0 aliphatic heterocycles. The number of benzene rings is 2. The third-order valence-electron chi connectivity index (χ3n) is 3.11. The van der Waals surface area contributed by atoms with Crippen molar-refractivity contribution in [3.63, 3.8) is 0 Å². The number of carbonyl (C=O) groups is 1. The Balaban J connectivity index is 2.28. The predicted molar refractivity (Wildman–Crippen MR) is 76.0 cm³/mol. The van der Waals surface area contributed by atoms with E-state index < -0.39 is 11.9 Å². The monoisotopic (exact) mass is 273 g/mol. The average molecular weight is 273 g/mol. The smallest absolute Gasteiger partial charge is 0.260 e. The number of amides is 1. The summed E-state index contributed by atoms with van der Waals surface area (Å²) in [7, 11) is 3.00. The summed E-state index contributed by atoms with van der Waals surface area (Å²) in [6.45, 7) is 0. The van der Waals surface area contributed by atoms with Gasteiger partial charge in [-0.25, -0.2) is 4.39 Å². The van der Waals surface area contributed by atoms with E-state index in [0.29, 0.717) is 0 Å². The zero-order valence-electron chi connectivity index (χ0n) is 11.4. The predicted octanol–water partition coefficient (Wildman–Crippen LogP) is 3.18. The maximum Gasteiger partial charge on any atom is 0.260 e. The van der Waals surface area contributed by atoms with Crippen molar-refractivity contribution in [3.05, 3.63) is 66.0 Å². The minimum atomic E-state index is -0.749. The molecule has 1 atom stereocenters. The van der Waals surface area contributed by atoms with Crippen LogP contribution in [0.4, 0.5) is 10.1 Å². The van der Waals surface area contributed by atoms with Crippen LogP contribution in [0.5, 0.6) is 0 Å². The van der Waals surface area contributed by atoms with Gasteiger partial charge in [-0.1, -0.05) is 42.5 Å². The Morgan fingerprint density at radius 2 is 1.70 bits per heavy atom. The van der Waals surface area contributed by atoms with Gasteiger partial charge in [-0.2, -0.15) is 0 Å². The molecule has 0 aliphatic carbocycles. The molecule has 0 bridgehead atoms. The Morgan fingerprint density at radius 1 is 1.10 bits per heavy atom. The summed E-state index contributed by atoms with van der Waals surface area (Å²) in [6, 6.07) is 15.3. The molecule has 0 heterocycles. The second-order valence-corrected chi connectivity index (χ2v) is 4.38. The second kappa shape index (κ2) is 6.30. The fraction of sp³-hybridized carbons (Fsp3) is 0.188. The van der Waals surface area contributed by atoms with Crippen LogP contribution in [0.25, 0.3) is 0 Å². The lowest BCUT2D eigenvalue weighted by Crippen LogP contribution is -2.33. The largest absolute Gasteiger partial charge is 0.367 e. The number of carbonyl (C=O) groups excluding carboxylic acids is 1. The lowest BCUT2D eigenvalue weighted by atomic mass is 10.1. The first-order chi connectivity index (χ1) is 9.65. The van der Waals surface area contributed by atoms with Crippen LogP contribution in [0.2, 0.25) is 0 Å². The first-order valence-corrected chi connectivity index (χ1v) is 6.25. The van der Waals surface area contributed by atoms with E-state index in [1.807, 2.05) is 18.2 Å². The number of likely N-dealkylation sites (N-methyl/N-ethyl adjacent to an activating group) is 1. The summed E-state index contributed by atoms with van der Waals surface area (Å²) in [5.41, 5.74) is 0.971. The highest BCUT2D eigenvalue weighted by Crippen LogP contribution is 2.24. The van der Waals surface area contributed by atoms with Crippen molar-refractivity contribution in [2.24, 2.45) is 0 Å². The van der Waals surface area contributed by atoms with Crippen molar-refractivity contribution < 1.29 is 13.9 Å². The van der Waals surface area contributed by atoms with E-state index in [0.717, 1.165) is 5.56 Å². The van der Waals surface area contributed by atoms with Gasteiger partial charge in [0.15, 0.2) is 6.10 Å². The van der Waals surface area contributed by atoms with Crippen LogP contribution >= 0.6 is 0 Å². The van der Waals surface area contributed by atoms with Crippen molar-refractivity contribution in [1.29, 1.82) is 0 Å². The number of hydrogen-bond donors (Lipinski definition) is 0. The molecule has 1 amide bonds. The quantitative estimate of drug-likeness (QED) is 0.856. The molecule has 2 rings (SSSR count). The summed E-state index contributed by atoms with van der Waals surface area (Å²) < 4.78 is 19.0.